The summed E-state index contributed by atoms with van der Waals surface area (Å²) >= 11 is 0. The molecule has 0 N–H and O–H groups in total. The van der Waals surface area contributed by atoms with Crippen molar-refractivity contribution in [2.75, 3.05) is 26.7 Å². The number of carbonyl (C=O) groups is 1. The zero-order valence-corrected chi connectivity index (χ0v) is 14.3. The highest BCUT2D eigenvalue weighted by atomic mass is 16.5. The van der Waals surface area contributed by atoms with E-state index in [1.165, 1.54) is 0 Å². The van der Waals surface area contributed by atoms with Crippen LogP contribution in [0.1, 0.15) is 52.6 Å². The number of carbonyl (C=O) groups excluding carboxylic acids is 1. The molecule has 1 unspecified atom stereocenters. The second-order valence-electron chi connectivity index (χ2n) is 6.81. The molecule has 0 radical (unpaired) electrons. The summed E-state index contributed by atoms with van der Waals surface area (Å²) in [5.41, 5.74) is 1.41. The second-order valence-corrected chi connectivity index (χ2v) is 6.81. The van der Waals surface area contributed by atoms with Crippen molar-refractivity contribution in [2.24, 2.45) is 7.05 Å². The third kappa shape index (κ3) is 2.71. The topological polar surface area (TPSA) is 80.3 Å². The number of rotatable bonds is 3. The van der Waals surface area contributed by atoms with E-state index in [-0.39, 0.29) is 11.9 Å². The van der Waals surface area contributed by atoms with E-state index in [4.69, 9.17) is 4.52 Å². The van der Waals surface area contributed by atoms with E-state index in [0.717, 1.165) is 30.9 Å². The maximum absolute atomic E-state index is 12.8. The molecule has 24 heavy (non-hydrogen) atoms. The van der Waals surface area contributed by atoms with Gasteiger partial charge >= 0.3 is 0 Å². The molecule has 1 saturated heterocycles. The van der Waals surface area contributed by atoms with Crippen LogP contribution in [-0.2, 0) is 7.05 Å². The molecule has 4 rings (SSSR count). The van der Waals surface area contributed by atoms with Crippen LogP contribution in [0.15, 0.2) is 10.7 Å². The van der Waals surface area contributed by atoms with Crippen LogP contribution in [-0.4, -0.2) is 62.3 Å². The van der Waals surface area contributed by atoms with Crippen LogP contribution >= 0.6 is 0 Å². The lowest BCUT2D eigenvalue weighted by atomic mass is 10.1. The summed E-state index contributed by atoms with van der Waals surface area (Å²) in [6.07, 6.45) is 4.07. The zero-order chi connectivity index (χ0) is 16.8. The van der Waals surface area contributed by atoms with Crippen LogP contribution in [0.5, 0.6) is 0 Å². The molecule has 0 bridgehead atoms. The van der Waals surface area contributed by atoms with E-state index in [9.17, 15) is 4.79 Å². The van der Waals surface area contributed by atoms with E-state index in [1.54, 1.807) is 10.9 Å². The lowest BCUT2D eigenvalue weighted by Gasteiger charge is -2.37. The molecular weight excluding hydrogens is 308 g/mol. The minimum Gasteiger partial charge on any atom is -0.338 e. The Morgan fingerprint density at radius 1 is 1.29 bits per heavy atom. The largest absolute Gasteiger partial charge is 0.338 e. The Labute approximate surface area is 140 Å². The predicted molar refractivity (Wildman–Crippen MR) is 85.5 cm³/mol. The van der Waals surface area contributed by atoms with Gasteiger partial charge in [0.1, 0.15) is 6.04 Å². The SMILES string of the molecule is Cc1nn(C)cc1C(=O)N1CCN(C)C(c2nc(C3CC3)no2)C1. The van der Waals surface area contributed by atoms with Gasteiger partial charge in [0.05, 0.1) is 11.3 Å². The van der Waals surface area contributed by atoms with Crippen molar-refractivity contribution in [1.29, 1.82) is 0 Å². The first-order chi connectivity index (χ1) is 11.5. The fourth-order valence-electron chi connectivity index (χ4n) is 3.19. The smallest absolute Gasteiger partial charge is 0.257 e. The summed E-state index contributed by atoms with van der Waals surface area (Å²) < 4.78 is 7.16. The highest BCUT2D eigenvalue weighted by Crippen LogP contribution is 2.38. The van der Waals surface area contributed by atoms with Crippen molar-refractivity contribution >= 4 is 5.91 Å². The number of hydrogen-bond donors (Lipinski definition) is 0. The first-order valence-corrected chi connectivity index (χ1v) is 8.36. The van der Waals surface area contributed by atoms with Crippen molar-refractivity contribution in [3.8, 4) is 0 Å². The van der Waals surface area contributed by atoms with Gasteiger partial charge < -0.3 is 9.42 Å². The number of piperazine rings is 1. The van der Waals surface area contributed by atoms with Gasteiger partial charge in [0.25, 0.3) is 5.91 Å². The molecular formula is C16H22N6O2. The van der Waals surface area contributed by atoms with Gasteiger partial charge in [-0.3, -0.25) is 14.4 Å². The first kappa shape index (κ1) is 15.3. The summed E-state index contributed by atoms with van der Waals surface area (Å²) in [7, 11) is 3.86. The van der Waals surface area contributed by atoms with Crippen molar-refractivity contribution in [3.05, 3.63) is 29.2 Å². The molecule has 8 heteroatoms. The van der Waals surface area contributed by atoms with Crippen LogP contribution in [0.4, 0.5) is 0 Å². The van der Waals surface area contributed by atoms with E-state index in [0.29, 0.717) is 30.5 Å². The van der Waals surface area contributed by atoms with Gasteiger partial charge in [0, 0.05) is 38.8 Å². The number of amides is 1. The van der Waals surface area contributed by atoms with Crippen molar-refractivity contribution in [1.82, 2.24) is 29.7 Å². The highest BCUT2D eigenvalue weighted by Gasteiger charge is 2.35. The molecule has 1 aliphatic carbocycles. The Morgan fingerprint density at radius 3 is 2.75 bits per heavy atom. The molecule has 2 fully saturated rings. The van der Waals surface area contributed by atoms with E-state index in [1.807, 2.05) is 25.9 Å². The third-order valence-corrected chi connectivity index (χ3v) is 4.86. The Kier molecular flexibility index (Phi) is 3.64. The molecule has 0 aromatic carbocycles. The molecule has 2 aromatic rings. The van der Waals surface area contributed by atoms with Gasteiger partial charge in [-0.2, -0.15) is 10.1 Å². The van der Waals surface area contributed by atoms with Crippen LogP contribution in [0, 0.1) is 6.92 Å². The van der Waals surface area contributed by atoms with Crippen molar-refractivity contribution in [3.63, 3.8) is 0 Å². The van der Waals surface area contributed by atoms with E-state index in [2.05, 4.69) is 20.1 Å². The van der Waals surface area contributed by atoms with Crippen molar-refractivity contribution in [2.45, 2.75) is 31.7 Å². The van der Waals surface area contributed by atoms with Gasteiger partial charge in [-0.1, -0.05) is 5.16 Å². The quantitative estimate of drug-likeness (QED) is 0.839. The van der Waals surface area contributed by atoms with Crippen LogP contribution < -0.4 is 0 Å². The summed E-state index contributed by atoms with van der Waals surface area (Å²) in [5.74, 6) is 1.90. The minimum atomic E-state index is -0.0559. The highest BCUT2D eigenvalue weighted by molar-refractivity contribution is 5.95. The normalized spacial score (nSPS) is 22.1. The van der Waals surface area contributed by atoms with Gasteiger partial charge in [-0.15, -0.1) is 0 Å². The summed E-state index contributed by atoms with van der Waals surface area (Å²) in [4.78, 5) is 21.4. The number of aromatic nitrogens is 4. The standard InChI is InChI=1S/C16H22N6O2/c1-10-12(8-21(3)18-10)16(23)22-7-6-20(2)13(9-22)15-17-14(19-24-15)11-4-5-11/h8,11,13H,4-7,9H2,1-3H3. The molecule has 2 aromatic heterocycles. The average molecular weight is 330 g/mol. The van der Waals surface area contributed by atoms with Crippen LogP contribution in [0.25, 0.3) is 0 Å². The van der Waals surface area contributed by atoms with Crippen LogP contribution in [0.3, 0.4) is 0 Å². The Hall–Kier alpha value is -2.22. The maximum atomic E-state index is 12.8. The van der Waals surface area contributed by atoms with E-state index >= 15 is 0 Å². The molecule has 8 nitrogen and oxygen atoms in total. The van der Waals surface area contributed by atoms with E-state index < -0.39 is 0 Å². The Morgan fingerprint density at radius 2 is 2.08 bits per heavy atom. The molecule has 3 heterocycles. The Bertz CT molecular complexity index is 762. The molecule has 1 aliphatic heterocycles. The summed E-state index contributed by atoms with van der Waals surface area (Å²) in [6.45, 7) is 3.87. The number of hydrogen-bond acceptors (Lipinski definition) is 6. The van der Waals surface area contributed by atoms with Gasteiger partial charge in [0.15, 0.2) is 5.82 Å². The minimum absolute atomic E-state index is 0.0145. The lowest BCUT2D eigenvalue weighted by Crippen LogP contribution is -2.49. The fraction of sp³-hybridized carbons (Fsp3) is 0.625. The number of aryl methyl sites for hydroxylation is 2. The van der Waals surface area contributed by atoms with Crippen molar-refractivity contribution < 1.29 is 9.32 Å². The average Bonchev–Trinajstić information content (AvgIpc) is 3.19. The van der Waals surface area contributed by atoms with Gasteiger partial charge in [-0.25, -0.2) is 0 Å². The predicted octanol–water partition coefficient (Wildman–Crippen LogP) is 1.12. The number of nitrogens with zero attached hydrogens (tertiary/aromatic N) is 6. The molecule has 2 aliphatic rings. The summed E-state index contributed by atoms with van der Waals surface area (Å²) in [6, 6.07) is -0.0559. The second kappa shape index (κ2) is 5.70. The monoisotopic (exact) mass is 330 g/mol. The lowest BCUT2D eigenvalue weighted by molar-refractivity contribution is 0.0488. The molecule has 0 spiro atoms. The van der Waals surface area contributed by atoms with Gasteiger partial charge in [-0.05, 0) is 26.8 Å². The van der Waals surface area contributed by atoms with Crippen LogP contribution in [0.2, 0.25) is 0 Å². The number of likely N-dealkylation sites (N-methyl/N-ethyl adjacent to an activating group) is 1. The molecule has 1 amide bonds. The molecule has 1 atom stereocenters. The molecule has 128 valence electrons. The summed E-state index contributed by atoms with van der Waals surface area (Å²) in [5, 5.41) is 8.37. The first-order valence-electron chi connectivity index (χ1n) is 8.36. The molecule has 1 saturated carbocycles. The van der Waals surface area contributed by atoms with Gasteiger partial charge in [0.2, 0.25) is 5.89 Å². The fourth-order valence-corrected chi connectivity index (χ4v) is 3.19. The maximum Gasteiger partial charge on any atom is 0.257 e. The Balaban J connectivity index is 1.53. The third-order valence-electron chi connectivity index (χ3n) is 4.86. The zero-order valence-electron chi connectivity index (χ0n) is 14.3.